The van der Waals surface area contributed by atoms with Crippen molar-refractivity contribution in [2.75, 3.05) is 31.5 Å². The summed E-state index contributed by atoms with van der Waals surface area (Å²) in [7, 11) is 0. The van der Waals surface area contributed by atoms with Gasteiger partial charge in [0.25, 0.3) is 0 Å². The highest BCUT2D eigenvalue weighted by atomic mass is 16.2. The third kappa shape index (κ3) is 4.06. The second-order valence-corrected chi connectivity index (χ2v) is 7.34. The lowest BCUT2D eigenvalue weighted by Crippen LogP contribution is -2.55. The van der Waals surface area contributed by atoms with E-state index in [0.717, 1.165) is 23.2 Å². The number of nitrogens with zero attached hydrogens (tertiary/aromatic N) is 2. The number of para-hydroxylation sites is 1. The molecule has 0 unspecified atom stereocenters. The topological polar surface area (TPSA) is 69.7 Å². The average molecular weight is 359 g/mol. The molecule has 1 N–H and O–H groups in total. The standard InChI is InChI=1S/C20H29N3O3/c1-6-16-9-7-8-14(2)17(16)21-18(25)20(4,5)19(26)23-12-10-22(11-13-23)15(3)24/h7-9H,6,10-13H2,1-5H3,(H,21,25). The molecule has 0 atom stereocenters. The zero-order valence-electron chi connectivity index (χ0n) is 16.4. The Balaban J connectivity index is 2.11. The fourth-order valence-electron chi connectivity index (χ4n) is 3.19. The Morgan fingerprint density at radius 3 is 2.19 bits per heavy atom. The van der Waals surface area contributed by atoms with Crippen molar-refractivity contribution in [2.24, 2.45) is 5.41 Å². The molecule has 1 aromatic carbocycles. The van der Waals surface area contributed by atoms with Crippen LogP contribution in [0.25, 0.3) is 0 Å². The Morgan fingerprint density at radius 1 is 1.08 bits per heavy atom. The Labute approximate surface area is 155 Å². The minimum Gasteiger partial charge on any atom is -0.339 e. The van der Waals surface area contributed by atoms with Gasteiger partial charge in [0.2, 0.25) is 17.7 Å². The third-order valence-electron chi connectivity index (χ3n) is 5.09. The smallest absolute Gasteiger partial charge is 0.239 e. The maximum Gasteiger partial charge on any atom is 0.239 e. The summed E-state index contributed by atoms with van der Waals surface area (Å²) in [6.07, 6.45) is 0.804. The van der Waals surface area contributed by atoms with Crippen LogP contribution >= 0.6 is 0 Å². The molecule has 1 saturated heterocycles. The molecule has 0 spiro atoms. The van der Waals surface area contributed by atoms with Gasteiger partial charge >= 0.3 is 0 Å². The highest BCUT2D eigenvalue weighted by Gasteiger charge is 2.40. The van der Waals surface area contributed by atoms with Crippen molar-refractivity contribution in [2.45, 2.75) is 41.0 Å². The number of nitrogens with one attached hydrogen (secondary N) is 1. The largest absolute Gasteiger partial charge is 0.339 e. The predicted molar refractivity (Wildman–Crippen MR) is 102 cm³/mol. The number of hydrogen-bond donors (Lipinski definition) is 1. The van der Waals surface area contributed by atoms with Gasteiger partial charge in [0, 0.05) is 38.8 Å². The van der Waals surface area contributed by atoms with Crippen molar-refractivity contribution < 1.29 is 14.4 Å². The van der Waals surface area contributed by atoms with Gasteiger partial charge in [0.05, 0.1) is 0 Å². The molecule has 1 aliphatic heterocycles. The first kappa shape index (κ1) is 19.9. The van der Waals surface area contributed by atoms with E-state index in [1.807, 2.05) is 32.0 Å². The van der Waals surface area contributed by atoms with E-state index in [1.165, 1.54) is 6.92 Å². The molecule has 0 saturated carbocycles. The van der Waals surface area contributed by atoms with E-state index in [1.54, 1.807) is 23.6 Å². The maximum absolute atomic E-state index is 12.9. The molecule has 2 rings (SSSR count). The van der Waals surface area contributed by atoms with E-state index in [4.69, 9.17) is 0 Å². The zero-order chi connectivity index (χ0) is 19.5. The zero-order valence-corrected chi connectivity index (χ0v) is 16.4. The molecule has 3 amide bonds. The van der Waals surface area contributed by atoms with Crippen LogP contribution in [0.2, 0.25) is 0 Å². The van der Waals surface area contributed by atoms with Gasteiger partial charge in [-0.05, 0) is 38.3 Å². The van der Waals surface area contributed by atoms with E-state index in [-0.39, 0.29) is 17.7 Å². The summed E-state index contributed by atoms with van der Waals surface area (Å²) in [6, 6.07) is 5.90. The molecular formula is C20H29N3O3. The minimum atomic E-state index is -1.17. The number of carbonyl (C=O) groups is 3. The van der Waals surface area contributed by atoms with Crippen LogP contribution in [0.15, 0.2) is 18.2 Å². The molecule has 0 aliphatic carbocycles. The normalized spacial score (nSPS) is 15.0. The molecule has 1 aliphatic rings. The number of rotatable bonds is 4. The molecule has 0 bridgehead atoms. The first-order valence-corrected chi connectivity index (χ1v) is 9.13. The number of hydrogen-bond acceptors (Lipinski definition) is 3. The van der Waals surface area contributed by atoms with Crippen LogP contribution in [0, 0.1) is 12.3 Å². The number of benzene rings is 1. The van der Waals surface area contributed by atoms with Crippen LogP contribution in [0.5, 0.6) is 0 Å². The molecule has 142 valence electrons. The van der Waals surface area contributed by atoms with Crippen molar-refractivity contribution in [3.05, 3.63) is 29.3 Å². The lowest BCUT2D eigenvalue weighted by Gasteiger charge is -2.37. The Morgan fingerprint density at radius 2 is 1.65 bits per heavy atom. The molecule has 1 fully saturated rings. The van der Waals surface area contributed by atoms with Crippen molar-refractivity contribution in [3.63, 3.8) is 0 Å². The highest BCUT2D eigenvalue weighted by molar-refractivity contribution is 6.10. The number of amides is 3. The molecule has 6 nitrogen and oxygen atoms in total. The second-order valence-electron chi connectivity index (χ2n) is 7.34. The molecule has 1 heterocycles. The molecule has 26 heavy (non-hydrogen) atoms. The number of piperazine rings is 1. The van der Waals surface area contributed by atoms with Gasteiger partial charge in [-0.2, -0.15) is 0 Å². The van der Waals surface area contributed by atoms with Gasteiger partial charge in [-0.3, -0.25) is 14.4 Å². The summed E-state index contributed by atoms with van der Waals surface area (Å²) >= 11 is 0. The van der Waals surface area contributed by atoms with E-state index < -0.39 is 5.41 Å². The fraction of sp³-hybridized carbons (Fsp3) is 0.550. The van der Waals surface area contributed by atoms with Gasteiger partial charge in [0.1, 0.15) is 5.41 Å². The van der Waals surface area contributed by atoms with Crippen LogP contribution in [0.1, 0.15) is 38.8 Å². The fourth-order valence-corrected chi connectivity index (χ4v) is 3.19. The second kappa shape index (κ2) is 7.89. The lowest BCUT2D eigenvalue weighted by molar-refractivity contribution is -0.149. The van der Waals surface area contributed by atoms with Gasteiger partial charge < -0.3 is 15.1 Å². The number of carbonyl (C=O) groups excluding carboxylic acids is 3. The highest BCUT2D eigenvalue weighted by Crippen LogP contribution is 2.26. The van der Waals surface area contributed by atoms with Gasteiger partial charge in [0.15, 0.2) is 0 Å². The van der Waals surface area contributed by atoms with Crippen molar-refractivity contribution in [1.29, 1.82) is 0 Å². The summed E-state index contributed by atoms with van der Waals surface area (Å²) in [5, 5.41) is 2.97. The number of aryl methyl sites for hydroxylation is 2. The van der Waals surface area contributed by atoms with Crippen LogP contribution in [-0.4, -0.2) is 53.7 Å². The van der Waals surface area contributed by atoms with E-state index in [9.17, 15) is 14.4 Å². The first-order chi connectivity index (χ1) is 12.2. The van der Waals surface area contributed by atoms with Crippen molar-refractivity contribution in [3.8, 4) is 0 Å². The van der Waals surface area contributed by atoms with Gasteiger partial charge in [-0.15, -0.1) is 0 Å². The molecular weight excluding hydrogens is 330 g/mol. The van der Waals surface area contributed by atoms with Crippen LogP contribution in [-0.2, 0) is 20.8 Å². The van der Waals surface area contributed by atoms with Crippen LogP contribution < -0.4 is 5.32 Å². The summed E-state index contributed by atoms with van der Waals surface area (Å²) in [6.45, 7) is 10.8. The summed E-state index contributed by atoms with van der Waals surface area (Å²) in [4.78, 5) is 40.6. The summed E-state index contributed by atoms with van der Waals surface area (Å²) < 4.78 is 0. The summed E-state index contributed by atoms with van der Waals surface area (Å²) in [5.41, 5.74) is 1.65. The van der Waals surface area contributed by atoms with Gasteiger partial charge in [-0.25, -0.2) is 0 Å². The first-order valence-electron chi connectivity index (χ1n) is 9.13. The number of anilines is 1. The van der Waals surface area contributed by atoms with E-state index >= 15 is 0 Å². The van der Waals surface area contributed by atoms with Crippen LogP contribution in [0.4, 0.5) is 5.69 Å². The predicted octanol–water partition coefficient (Wildman–Crippen LogP) is 2.21. The monoisotopic (exact) mass is 359 g/mol. The van der Waals surface area contributed by atoms with Crippen molar-refractivity contribution >= 4 is 23.4 Å². The average Bonchev–Trinajstić information content (AvgIpc) is 2.62. The molecule has 0 radical (unpaired) electrons. The molecule has 0 aromatic heterocycles. The summed E-state index contributed by atoms with van der Waals surface area (Å²) in [5.74, 6) is -0.494. The third-order valence-corrected chi connectivity index (χ3v) is 5.09. The van der Waals surface area contributed by atoms with Crippen molar-refractivity contribution in [1.82, 2.24) is 9.80 Å². The Hall–Kier alpha value is -2.37. The van der Waals surface area contributed by atoms with E-state index in [0.29, 0.717) is 26.2 Å². The Bertz CT molecular complexity index is 704. The quantitative estimate of drug-likeness (QED) is 0.838. The maximum atomic E-state index is 12.9. The van der Waals surface area contributed by atoms with E-state index in [2.05, 4.69) is 5.32 Å². The minimum absolute atomic E-state index is 0.0146. The lowest BCUT2D eigenvalue weighted by atomic mass is 9.89. The van der Waals surface area contributed by atoms with Crippen LogP contribution in [0.3, 0.4) is 0 Å². The molecule has 6 heteroatoms. The molecule has 1 aromatic rings. The Kier molecular flexibility index (Phi) is 6.05. The van der Waals surface area contributed by atoms with Gasteiger partial charge in [-0.1, -0.05) is 25.1 Å². The SMILES string of the molecule is CCc1cccc(C)c1NC(=O)C(C)(C)C(=O)N1CCN(C(C)=O)CC1.